The smallest absolute Gasteiger partial charge is 0.325 e. The first kappa shape index (κ1) is 15.4. The van der Waals surface area contributed by atoms with Crippen molar-refractivity contribution in [2.75, 3.05) is 32.4 Å². The lowest BCUT2D eigenvalue weighted by atomic mass is 10.3. The molecule has 2 rings (SSSR count). The first-order valence-electron chi connectivity index (χ1n) is 6.13. The predicted molar refractivity (Wildman–Crippen MR) is 70.0 cm³/mol. The summed E-state index contributed by atoms with van der Waals surface area (Å²) >= 11 is 0. The molecular formula is C10H15N5O5S. The van der Waals surface area contributed by atoms with Crippen LogP contribution in [0.5, 0.6) is 0 Å². The highest BCUT2D eigenvalue weighted by molar-refractivity contribution is 7.88. The third kappa shape index (κ3) is 3.76. The van der Waals surface area contributed by atoms with Gasteiger partial charge in [-0.25, -0.2) is 13.1 Å². The molecule has 0 atom stereocenters. The maximum Gasteiger partial charge on any atom is 0.325 e. The fourth-order valence-electron chi connectivity index (χ4n) is 2.00. The Morgan fingerprint density at radius 3 is 2.43 bits per heavy atom. The Morgan fingerprint density at radius 2 is 1.90 bits per heavy atom. The molecule has 0 aromatic carbocycles. The first-order valence-corrected chi connectivity index (χ1v) is 7.98. The van der Waals surface area contributed by atoms with E-state index in [9.17, 15) is 18.0 Å². The van der Waals surface area contributed by atoms with Crippen LogP contribution >= 0.6 is 0 Å². The van der Waals surface area contributed by atoms with E-state index < -0.39 is 16.0 Å². The van der Waals surface area contributed by atoms with Crippen molar-refractivity contribution in [3.8, 4) is 0 Å². The summed E-state index contributed by atoms with van der Waals surface area (Å²) in [6.07, 6.45) is 2.39. The van der Waals surface area contributed by atoms with E-state index in [0.717, 1.165) is 10.9 Å². The van der Waals surface area contributed by atoms with Crippen LogP contribution in [0.1, 0.15) is 10.5 Å². The Bertz CT molecular complexity index is 647. The molecule has 116 valence electrons. The average Bonchev–Trinajstić information content (AvgIpc) is 2.84. The Labute approximate surface area is 121 Å². The number of hydrogen-bond donors (Lipinski definition) is 1. The van der Waals surface area contributed by atoms with Gasteiger partial charge in [0, 0.05) is 26.2 Å². The van der Waals surface area contributed by atoms with E-state index in [1.54, 1.807) is 0 Å². The zero-order chi connectivity index (χ0) is 15.6. The lowest BCUT2D eigenvalue weighted by molar-refractivity contribution is -0.137. The molecule has 1 aliphatic heterocycles. The van der Waals surface area contributed by atoms with E-state index in [0.29, 0.717) is 0 Å². The zero-order valence-corrected chi connectivity index (χ0v) is 12.2. The van der Waals surface area contributed by atoms with Crippen molar-refractivity contribution in [1.29, 1.82) is 0 Å². The predicted octanol–water partition coefficient (Wildman–Crippen LogP) is -1.92. The second-order valence-electron chi connectivity index (χ2n) is 4.65. The van der Waals surface area contributed by atoms with Gasteiger partial charge in [0.2, 0.25) is 10.0 Å². The highest BCUT2D eigenvalue weighted by Gasteiger charge is 2.27. The van der Waals surface area contributed by atoms with Crippen molar-refractivity contribution < 1.29 is 23.1 Å². The summed E-state index contributed by atoms with van der Waals surface area (Å²) in [5, 5.41) is 15.8. The quantitative estimate of drug-likeness (QED) is 0.686. The molecule has 1 saturated heterocycles. The van der Waals surface area contributed by atoms with Gasteiger partial charge in [-0.1, -0.05) is 5.21 Å². The largest absolute Gasteiger partial charge is 0.480 e. The molecule has 1 N–H and O–H groups in total. The van der Waals surface area contributed by atoms with Crippen LogP contribution in [0.3, 0.4) is 0 Å². The second kappa shape index (κ2) is 5.77. The number of sulfonamides is 1. The van der Waals surface area contributed by atoms with Gasteiger partial charge in [0.1, 0.15) is 6.54 Å². The van der Waals surface area contributed by atoms with E-state index in [-0.39, 0.29) is 44.3 Å². The molecule has 10 nitrogen and oxygen atoms in total. The summed E-state index contributed by atoms with van der Waals surface area (Å²) < 4.78 is 25.1. The molecule has 2 heterocycles. The normalized spacial score (nSPS) is 16.9. The minimum absolute atomic E-state index is 0.0454. The van der Waals surface area contributed by atoms with Gasteiger partial charge in [-0.2, -0.15) is 4.31 Å². The number of carbonyl (C=O) groups is 2. The molecule has 21 heavy (non-hydrogen) atoms. The minimum atomic E-state index is -3.25. The summed E-state index contributed by atoms with van der Waals surface area (Å²) in [5.41, 5.74) is 0.0454. The molecule has 1 fully saturated rings. The van der Waals surface area contributed by atoms with Crippen LogP contribution in [-0.4, -0.2) is 82.0 Å². The van der Waals surface area contributed by atoms with Gasteiger partial charge in [0.25, 0.3) is 5.91 Å². The average molecular weight is 317 g/mol. The zero-order valence-electron chi connectivity index (χ0n) is 11.3. The van der Waals surface area contributed by atoms with Gasteiger partial charge in [-0.15, -0.1) is 5.10 Å². The van der Waals surface area contributed by atoms with E-state index >= 15 is 0 Å². The maximum atomic E-state index is 12.1. The molecule has 1 aliphatic rings. The Kier molecular flexibility index (Phi) is 4.23. The highest BCUT2D eigenvalue weighted by Crippen LogP contribution is 2.09. The highest BCUT2D eigenvalue weighted by atomic mass is 32.2. The number of carboxylic acid groups (broad SMARTS) is 1. The van der Waals surface area contributed by atoms with E-state index in [1.165, 1.54) is 15.4 Å². The van der Waals surface area contributed by atoms with Crippen molar-refractivity contribution in [2.24, 2.45) is 0 Å². The van der Waals surface area contributed by atoms with Crippen LogP contribution in [0, 0.1) is 0 Å². The van der Waals surface area contributed by atoms with Crippen LogP contribution in [0.15, 0.2) is 6.20 Å². The molecule has 0 saturated carbocycles. The third-order valence-electron chi connectivity index (χ3n) is 3.05. The number of carbonyl (C=O) groups excluding carboxylic acids is 1. The fraction of sp³-hybridized carbons (Fsp3) is 0.600. The van der Waals surface area contributed by atoms with Crippen molar-refractivity contribution in [3.05, 3.63) is 11.9 Å². The molecule has 0 spiro atoms. The lowest BCUT2D eigenvalue weighted by Crippen LogP contribution is -2.50. The van der Waals surface area contributed by atoms with Gasteiger partial charge in [-0.05, 0) is 0 Å². The SMILES string of the molecule is CS(=O)(=O)N1CCN(C(=O)c2cn(CC(=O)O)nn2)CC1. The fourth-order valence-corrected chi connectivity index (χ4v) is 2.82. The van der Waals surface area contributed by atoms with Crippen LogP contribution in [0.4, 0.5) is 0 Å². The van der Waals surface area contributed by atoms with Gasteiger partial charge in [0.15, 0.2) is 5.69 Å². The minimum Gasteiger partial charge on any atom is -0.480 e. The van der Waals surface area contributed by atoms with Gasteiger partial charge in [0.05, 0.1) is 12.5 Å². The monoisotopic (exact) mass is 317 g/mol. The number of amides is 1. The lowest BCUT2D eigenvalue weighted by Gasteiger charge is -2.32. The topological polar surface area (TPSA) is 126 Å². The summed E-state index contributed by atoms with van der Waals surface area (Å²) in [6.45, 7) is 0.610. The van der Waals surface area contributed by atoms with Crippen LogP contribution < -0.4 is 0 Å². The van der Waals surface area contributed by atoms with Crippen molar-refractivity contribution in [1.82, 2.24) is 24.2 Å². The number of rotatable bonds is 4. The van der Waals surface area contributed by atoms with Crippen molar-refractivity contribution >= 4 is 21.9 Å². The number of aliphatic carboxylic acids is 1. The summed E-state index contributed by atoms with van der Waals surface area (Å²) in [6, 6.07) is 0. The summed E-state index contributed by atoms with van der Waals surface area (Å²) in [4.78, 5) is 24.2. The van der Waals surface area contributed by atoms with Crippen molar-refractivity contribution in [2.45, 2.75) is 6.54 Å². The molecule has 0 bridgehead atoms. The molecule has 1 amide bonds. The van der Waals surface area contributed by atoms with E-state index in [1.807, 2.05) is 0 Å². The Balaban J connectivity index is 1.99. The molecule has 1 aromatic heterocycles. The van der Waals surface area contributed by atoms with Crippen molar-refractivity contribution in [3.63, 3.8) is 0 Å². The molecule has 0 aliphatic carbocycles. The number of hydrogen-bond acceptors (Lipinski definition) is 6. The van der Waals surface area contributed by atoms with Crippen LogP contribution in [0.2, 0.25) is 0 Å². The van der Waals surface area contributed by atoms with E-state index in [2.05, 4.69) is 10.3 Å². The summed E-state index contributed by atoms with van der Waals surface area (Å²) in [5.74, 6) is -1.47. The van der Waals surface area contributed by atoms with E-state index in [4.69, 9.17) is 5.11 Å². The number of nitrogens with zero attached hydrogens (tertiary/aromatic N) is 5. The molecule has 0 unspecified atom stereocenters. The molecule has 1 aromatic rings. The molecule has 11 heteroatoms. The molecular weight excluding hydrogens is 302 g/mol. The Hall–Kier alpha value is -2.01. The summed E-state index contributed by atoms with van der Waals surface area (Å²) in [7, 11) is -3.25. The van der Waals surface area contributed by atoms with Gasteiger partial charge >= 0.3 is 5.97 Å². The first-order chi connectivity index (χ1) is 9.77. The van der Waals surface area contributed by atoms with Gasteiger partial charge < -0.3 is 10.0 Å². The van der Waals surface area contributed by atoms with Crippen LogP contribution in [0.25, 0.3) is 0 Å². The second-order valence-corrected chi connectivity index (χ2v) is 6.63. The number of aromatic nitrogens is 3. The standard InChI is InChI=1S/C10H15N5O5S/c1-21(19,20)15-4-2-13(3-5-15)10(18)8-6-14(12-11-8)7-9(16)17/h6H,2-5,7H2,1H3,(H,16,17). The number of carboxylic acids is 1. The van der Waals surface area contributed by atoms with Crippen LogP contribution in [-0.2, 0) is 21.4 Å². The number of piperazine rings is 1. The Morgan fingerprint density at radius 1 is 1.29 bits per heavy atom. The molecule has 0 radical (unpaired) electrons. The van der Waals surface area contributed by atoms with Gasteiger partial charge in [-0.3, -0.25) is 9.59 Å². The third-order valence-corrected chi connectivity index (χ3v) is 4.35. The maximum absolute atomic E-state index is 12.1.